The van der Waals surface area contributed by atoms with Crippen LogP contribution < -0.4 is 11.2 Å². The molecule has 0 aliphatic heterocycles. The summed E-state index contributed by atoms with van der Waals surface area (Å²) in [6.45, 7) is 5.06. The van der Waals surface area contributed by atoms with Gasteiger partial charge in [-0.1, -0.05) is 68.3 Å². The number of methoxy groups -OCH3 is 1. The van der Waals surface area contributed by atoms with Gasteiger partial charge in [-0.15, -0.1) is 5.10 Å². The van der Waals surface area contributed by atoms with Crippen LogP contribution in [0.1, 0.15) is 63.6 Å². The molecule has 11 heteroatoms. The molecule has 43 heavy (non-hydrogen) atoms. The van der Waals surface area contributed by atoms with E-state index in [1.807, 2.05) is 18.2 Å². The van der Waals surface area contributed by atoms with Gasteiger partial charge in [0.25, 0.3) is 5.56 Å². The van der Waals surface area contributed by atoms with Crippen LogP contribution in [0.4, 0.5) is 0 Å². The normalized spacial score (nSPS) is 14.0. The van der Waals surface area contributed by atoms with E-state index in [0.29, 0.717) is 42.4 Å². The summed E-state index contributed by atoms with van der Waals surface area (Å²) in [4.78, 5) is 32.4. The van der Waals surface area contributed by atoms with E-state index < -0.39 is 6.23 Å². The van der Waals surface area contributed by atoms with E-state index in [1.54, 1.807) is 11.5 Å². The van der Waals surface area contributed by atoms with Gasteiger partial charge in [-0.2, -0.15) is 0 Å². The van der Waals surface area contributed by atoms with E-state index in [9.17, 15) is 9.59 Å². The molecule has 1 aliphatic rings. The van der Waals surface area contributed by atoms with E-state index in [2.05, 4.69) is 62.4 Å². The van der Waals surface area contributed by atoms with Crippen molar-refractivity contribution in [3.63, 3.8) is 0 Å². The number of unbranched alkanes of at least 4 members (excludes halogenated alkanes) is 2. The lowest BCUT2D eigenvalue weighted by Crippen LogP contribution is -2.43. The number of ether oxygens (including phenoxy) is 1. The predicted octanol–water partition coefficient (Wildman–Crippen LogP) is 4.76. The minimum atomic E-state index is -0.676. The van der Waals surface area contributed by atoms with Crippen molar-refractivity contribution in [3.05, 3.63) is 80.8 Å². The number of aromatic amines is 1. The molecule has 3 aromatic heterocycles. The molecule has 0 spiro atoms. The Morgan fingerprint density at radius 3 is 2.44 bits per heavy atom. The minimum absolute atomic E-state index is 0.343. The molecule has 11 nitrogen and oxygen atoms in total. The Balaban J connectivity index is 1.35. The summed E-state index contributed by atoms with van der Waals surface area (Å²) < 4.78 is 10.5. The summed E-state index contributed by atoms with van der Waals surface area (Å²) in [7, 11) is 1.52. The first kappa shape index (κ1) is 28.7. The Bertz CT molecular complexity index is 1810. The van der Waals surface area contributed by atoms with Crippen molar-refractivity contribution in [2.75, 3.05) is 7.11 Å². The maximum absolute atomic E-state index is 13.9. The highest BCUT2D eigenvalue weighted by Gasteiger charge is 2.28. The van der Waals surface area contributed by atoms with Crippen molar-refractivity contribution in [2.24, 2.45) is 5.92 Å². The molecule has 1 aliphatic carbocycles. The first-order valence-electron chi connectivity index (χ1n) is 15.2. The SMILES string of the molecule is CCCCCc1nc2c(c(=O)n(C(C)OC)c(=O)n2CC2CC2)n1CCc1ccc(-c2ccccc2-c2nnn[nH]2)cc1. The highest BCUT2D eigenvalue weighted by Crippen LogP contribution is 2.32. The van der Waals surface area contributed by atoms with Gasteiger partial charge in [0.1, 0.15) is 12.1 Å². The van der Waals surface area contributed by atoms with Gasteiger partial charge in [0.2, 0.25) is 0 Å². The molecule has 0 saturated heterocycles. The monoisotopic (exact) mass is 582 g/mol. The molecule has 1 unspecified atom stereocenters. The molecule has 5 aromatic rings. The van der Waals surface area contributed by atoms with Gasteiger partial charge in [-0.3, -0.25) is 9.36 Å². The topological polar surface area (TPSA) is 126 Å². The standard InChI is InChI=1S/C32H38N8O3/c1-4-5-6-11-27-33-30-28(31(41)40(21(2)43-3)32(42)39(30)20-23-12-13-23)38(27)19-18-22-14-16-24(17-15-22)25-9-7-8-10-26(25)29-34-36-37-35-29/h7-10,14-17,21,23H,4-6,11-13,18-20H2,1-3H3,(H,34,35,36,37). The molecular formula is C32H38N8O3. The number of aryl methyl sites for hydroxylation is 3. The lowest BCUT2D eigenvalue weighted by molar-refractivity contribution is 0.0529. The molecule has 224 valence electrons. The quantitative estimate of drug-likeness (QED) is 0.199. The summed E-state index contributed by atoms with van der Waals surface area (Å²) in [6.07, 6.45) is 6.12. The molecule has 6 rings (SSSR count). The van der Waals surface area contributed by atoms with E-state index in [0.717, 1.165) is 66.6 Å². The number of aromatic nitrogens is 8. The molecule has 1 saturated carbocycles. The molecule has 1 atom stereocenters. The predicted molar refractivity (Wildman–Crippen MR) is 165 cm³/mol. The average Bonchev–Trinajstić information content (AvgIpc) is 3.53. The summed E-state index contributed by atoms with van der Waals surface area (Å²) in [5, 5.41) is 14.4. The van der Waals surface area contributed by atoms with Crippen molar-refractivity contribution in [1.82, 2.24) is 39.3 Å². The van der Waals surface area contributed by atoms with Gasteiger partial charge in [0, 0.05) is 32.2 Å². The van der Waals surface area contributed by atoms with Crippen LogP contribution in [0, 0.1) is 5.92 Å². The van der Waals surface area contributed by atoms with Gasteiger partial charge in [-0.05, 0) is 65.6 Å². The van der Waals surface area contributed by atoms with Gasteiger partial charge in [0.05, 0.1) is 0 Å². The first-order chi connectivity index (χ1) is 21.0. The molecule has 1 fully saturated rings. The lowest BCUT2D eigenvalue weighted by Gasteiger charge is -2.16. The van der Waals surface area contributed by atoms with Crippen LogP contribution >= 0.6 is 0 Å². The van der Waals surface area contributed by atoms with Crippen LogP contribution in [-0.2, 0) is 30.7 Å². The molecule has 0 radical (unpaired) electrons. The van der Waals surface area contributed by atoms with E-state index in [1.165, 1.54) is 11.7 Å². The van der Waals surface area contributed by atoms with Crippen LogP contribution in [0.5, 0.6) is 0 Å². The third-order valence-electron chi connectivity index (χ3n) is 8.41. The number of nitrogens with zero attached hydrogens (tertiary/aromatic N) is 7. The number of H-pyrrole nitrogens is 1. The van der Waals surface area contributed by atoms with Crippen molar-refractivity contribution < 1.29 is 4.74 Å². The van der Waals surface area contributed by atoms with Crippen molar-refractivity contribution in [3.8, 4) is 22.5 Å². The number of fused-ring (bicyclic) bond motifs is 1. The smallest absolute Gasteiger partial charge is 0.334 e. The fraction of sp³-hybridized carbons (Fsp3) is 0.438. The van der Waals surface area contributed by atoms with Crippen molar-refractivity contribution >= 4 is 11.2 Å². The number of tetrazole rings is 1. The molecule has 0 bridgehead atoms. The van der Waals surface area contributed by atoms with Crippen molar-refractivity contribution in [1.29, 1.82) is 0 Å². The summed E-state index contributed by atoms with van der Waals surface area (Å²) in [5.74, 6) is 1.93. The second-order valence-electron chi connectivity index (χ2n) is 11.4. The van der Waals surface area contributed by atoms with Crippen molar-refractivity contribution in [2.45, 2.75) is 78.1 Å². The highest BCUT2D eigenvalue weighted by atomic mass is 16.5. The Morgan fingerprint density at radius 2 is 1.77 bits per heavy atom. The Labute approximate surface area is 249 Å². The number of benzene rings is 2. The third kappa shape index (κ3) is 5.81. The van der Waals surface area contributed by atoms with E-state index >= 15 is 0 Å². The van der Waals surface area contributed by atoms with Crippen LogP contribution in [0.15, 0.2) is 58.1 Å². The molecular weight excluding hydrogens is 544 g/mol. The zero-order chi connectivity index (χ0) is 29.9. The van der Waals surface area contributed by atoms with Crippen LogP contribution in [0.2, 0.25) is 0 Å². The third-order valence-corrected chi connectivity index (χ3v) is 8.41. The molecule has 0 amide bonds. The van der Waals surface area contributed by atoms with Gasteiger partial charge in [0.15, 0.2) is 17.0 Å². The van der Waals surface area contributed by atoms with Gasteiger partial charge >= 0.3 is 5.69 Å². The summed E-state index contributed by atoms with van der Waals surface area (Å²) in [6, 6.07) is 16.5. The lowest BCUT2D eigenvalue weighted by atomic mass is 9.98. The average molecular weight is 583 g/mol. The Morgan fingerprint density at radius 1 is 1.00 bits per heavy atom. The first-order valence-corrected chi connectivity index (χ1v) is 15.2. The molecule has 2 aromatic carbocycles. The van der Waals surface area contributed by atoms with E-state index in [-0.39, 0.29) is 11.2 Å². The number of nitrogens with one attached hydrogen (secondary N) is 1. The number of hydrogen-bond acceptors (Lipinski definition) is 7. The second-order valence-corrected chi connectivity index (χ2v) is 11.4. The zero-order valence-electron chi connectivity index (χ0n) is 25.0. The fourth-order valence-electron chi connectivity index (χ4n) is 5.73. The van der Waals surface area contributed by atoms with Crippen LogP contribution in [0.3, 0.4) is 0 Å². The van der Waals surface area contributed by atoms with Gasteiger partial charge in [-0.25, -0.2) is 19.4 Å². The molecule has 1 N–H and O–H groups in total. The molecule has 3 heterocycles. The second kappa shape index (κ2) is 12.5. The largest absolute Gasteiger partial charge is 0.361 e. The maximum Gasteiger partial charge on any atom is 0.334 e. The number of imidazole rings is 1. The number of hydrogen-bond donors (Lipinski definition) is 1. The maximum atomic E-state index is 13.9. The van der Waals surface area contributed by atoms with Crippen LogP contribution in [-0.4, -0.2) is 46.4 Å². The summed E-state index contributed by atoms with van der Waals surface area (Å²) in [5.41, 5.74) is 4.47. The minimum Gasteiger partial charge on any atom is -0.361 e. The Hall–Kier alpha value is -4.38. The highest BCUT2D eigenvalue weighted by molar-refractivity contribution is 5.80. The fourth-order valence-corrected chi connectivity index (χ4v) is 5.73. The van der Waals surface area contributed by atoms with E-state index in [4.69, 9.17) is 9.72 Å². The summed E-state index contributed by atoms with van der Waals surface area (Å²) >= 11 is 0. The number of rotatable bonds is 13. The zero-order valence-corrected chi connectivity index (χ0v) is 25.0. The Kier molecular flexibility index (Phi) is 8.33. The van der Waals surface area contributed by atoms with Crippen LogP contribution in [0.25, 0.3) is 33.7 Å². The van der Waals surface area contributed by atoms with Gasteiger partial charge < -0.3 is 9.30 Å².